The van der Waals surface area contributed by atoms with Gasteiger partial charge in [-0.25, -0.2) is 4.79 Å². The van der Waals surface area contributed by atoms with Crippen LogP contribution in [0.1, 0.15) is 33.2 Å². The van der Waals surface area contributed by atoms with E-state index in [2.05, 4.69) is 17.4 Å². The van der Waals surface area contributed by atoms with Crippen LogP contribution in [0.4, 0.5) is 5.69 Å². The van der Waals surface area contributed by atoms with Crippen molar-refractivity contribution in [2.75, 3.05) is 18.5 Å². The van der Waals surface area contributed by atoms with Gasteiger partial charge in [0.1, 0.15) is 5.75 Å². The number of benzene rings is 3. The molecule has 3 rings (SSSR count). The monoisotopic (exact) mass is 389 g/mol. The van der Waals surface area contributed by atoms with E-state index in [-0.39, 0.29) is 11.9 Å². The molecule has 5 heteroatoms. The molecule has 0 fully saturated rings. The van der Waals surface area contributed by atoms with Gasteiger partial charge in [-0.3, -0.25) is 4.79 Å². The first kappa shape index (κ1) is 20.1. The van der Waals surface area contributed by atoms with Crippen molar-refractivity contribution >= 4 is 17.6 Å². The van der Waals surface area contributed by atoms with E-state index in [1.807, 2.05) is 24.3 Å². The number of ether oxygens (including phenoxy) is 2. The molecule has 29 heavy (non-hydrogen) atoms. The molecule has 0 aliphatic heterocycles. The summed E-state index contributed by atoms with van der Waals surface area (Å²) in [5, 5.41) is 2.82. The molecule has 0 saturated carbocycles. The second-order valence-corrected chi connectivity index (χ2v) is 6.36. The molecule has 3 aromatic carbocycles. The first-order valence-corrected chi connectivity index (χ1v) is 9.51. The zero-order chi connectivity index (χ0) is 20.5. The van der Waals surface area contributed by atoms with Crippen LogP contribution in [0.3, 0.4) is 0 Å². The lowest BCUT2D eigenvalue weighted by Crippen LogP contribution is -2.12. The third-order valence-electron chi connectivity index (χ3n) is 4.25. The summed E-state index contributed by atoms with van der Waals surface area (Å²) in [5.41, 5.74) is 2.74. The van der Waals surface area contributed by atoms with Gasteiger partial charge in [0.15, 0.2) is 0 Å². The van der Waals surface area contributed by atoms with Gasteiger partial charge in [0.2, 0.25) is 0 Å². The van der Waals surface area contributed by atoms with Crippen LogP contribution in [-0.4, -0.2) is 25.1 Å². The summed E-state index contributed by atoms with van der Waals surface area (Å²) in [6.07, 6.45) is 0.796. The number of carbonyl (C=O) groups is 2. The van der Waals surface area contributed by atoms with Gasteiger partial charge in [0.25, 0.3) is 5.91 Å². The van der Waals surface area contributed by atoms with Gasteiger partial charge in [-0.2, -0.15) is 0 Å². The number of esters is 1. The summed E-state index contributed by atoms with van der Waals surface area (Å²) >= 11 is 0. The van der Waals surface area contributed by atoms with E-state index < -0.39 is 0 Å². The topological polar surface area (TPSA) is 64.6 Å². The van der Waals surface area contributed by atoms with Crippen LogP contribution in [0.2, 0.25) is 0 Å². The number of rotatable bonds is 8. The third-order valence-corrected chi connectivity index (χ3v) is 4.25. The smallest absolute Gasteiger partial charge is 0.338 e. The van der Waals surface area contributed by atoms with Crippen molar-refractivity contribution in [1.82, 2.24) is 0 Å². The molecule has 0 spiro atoms. The Morgan fingerprint density at radius 1 is 0.862 bits per heavy atom. The minimum atomic E-state index is -0.384. The van der Waals surface area contributed by atoms with Crippen LogP contribution < -0.4 is 10.1 Å². The van der Waals surface area contributed by atoms with Crippen molar-refractivity contribution in [1.29, 1.82) is 0 Å². The van der Waals surface area contributed by atoms with Gasteiger partial charge in [0, 0.05) is 17.7 Å². The van der Waals surface area contributed by atoms with Gasteiger partial charge >= 0.3 is 5.97 Å². The summed E-state index contributed by atoms with van der Waals surface area (Å²) in [7, 11) is 0. The Bertz CT molecular complexity index is 952. The zero-order valence-corrected chi connectivity index (χ0v) is 16.3. The van der Waals surface area contributed by atoms with E-state index in [0.717, 1.165) is 6.42 Å². The summed E-state index contributed by atoms with van der Waals surface area (Å²) in [4.78, 5) is 24.2. The fourth-order valence-corrected chi connectivity index (χ4v) is 2.77. The number of amides is 1. The Morgan fingerprint density at radius 2 is 1.62 bits per heavy atom. The minimum absolute atomic E-state index is 0.248. The summed E-state index contributed by atoms with van der Waals surface area (Å²) < 4.78 is 10.7. The predicted octanol–water partition coefficient (Wildman–Crippen LogP) is 4.74. The molecule has 5 nitrogen and oxygen atoms in total. The molecular formula is C24H23NO4. The van der Waals surface area contributed by atoms with Crippen molar-refractivity contribution in [2.24, 2.45) is 0 Å². The van der Waals surface area contributed by atoms with Crippen LogP contribution in [-0.2, 0) is 11.2 Å². The predicted molar refractivity (Wildman–Crippen MR) is 112 cm³/mol. The van der Waals surface area contributed by atoms with Crippen molar-refractivity contribution in [2.45, 2.75) is 13.3 Å². The fraction of sp³-hybridized carbons (Fsp3) is 0.167. The summed E-state index contributed by atoms with van der Waals surface area (Å²) in [5.74, 6) is 0.0133. The highest BCUT2D eigenvalue weighted by molar-refractivity contribution is 6.04. The average molecular weight is 389 g/mol. The van der Waals surface area contributed by atoms with Crippen LogP contribution in [0.15, 0.2) is 78.9 Å². The van der Waals surface area contributed by atoms with Gasteiger partial charge < -0.3 is 14.8 Å². The summed E-state index contributed by atoms with van der Waals surface area (Å²) in [6, 6.07) is 23.7. The van der Waals surface area contributed by atoms with Gasteiger partial charge in [-0.05, 0) is 55.0 Å². The Labute approximate surface area is 170 Å². The number of hydrogen-bond acceptors (Lipinski definition) is 4. The molecule has 0 saturated heterocycles. The van der Waals surface area contributed by atoms with E-state index >= 15 is 0 Å². The molecular weight excluding hydrogens is 366 g/mol. The van der Waals surface area contributed by atoms with Crippen LogP contribution in [0.5, 0.6) is 5.75 Å². The molecule has 0 aliphatic carbocycles. The maximum atomic E-state index is 12.5. The Kier molecular flexibility index (Phi) is 7.00. The maximum Gasteiger partial charge on any atom is 0.338 e. The molecule has 0 unspecified atom stereocenters. The van der Waals surface area contributed by atoms with E-state index in [9.17, 15) is 9.59 Å². The van der Waals surface area contributed by atoms with Crippen LogP contribution in [0, 0.1) is 0 Å². The van der Waals surface area contributed by atoms with E-state index in [1.54, 1.807) is 49.4 Å². The third kappa shape index (κ3) is 5.94. The molecule has 0 aromatic heterocycles. The number of carbonyl (C=O) groups excluding carboxylic acids is 2. The zero-order valence-electron chi connectivity index (χ0n) is 16.3. The molecule has 0 atom stereocenters. The standard InChI is InChI=1S/C24H23NO4/c1-2-28-24(27)19-11-13-21(14-12-19)25-23(26)20-9-6-10-22(17-20)29-16-15-18-7-4-3-5-8-18/h3-14,17H,2,15-16H2,1H3,(H,25,26). The number of anilines is 1. The maximum absolute atomic E-state index is 12.5. The van der Waals surface area contributed by atoms with Gasteiger partial charge in [0.05, 0.1) is 18.8 Å². The van der Waals surface area contributed by atoms with Crippen LogP contribution in [0.25, 0.3) is 0 Å². The number of hydrogen-bond donors (Lipinski definition) is 1. The normalized spacial score (nSPS) is 10.2. The lowest BCUT2D eigenvalue weighted by molar-refractivity contribution is 0.0526. The number of nitrogens with one attached hydrogen (secondary N) is 1. The minimum Gasteiger partial charge on any atom is -0.493 e. The molecule has 0 heterocycles. The van der Waals surface area contributed by atoms with E-state index in [4.69, 9.17) is 9.47 Å². The highest BCUT2D eigenvalue weighted by Crippen LogP contribution is 2.17. The molecule has 1 amide bonds. The summed E-state index contributed by atoms with van der Waals surface area (Å²) in [6.45, 7) is 2.61. The Balaban J connectivity index is 1.56. The molecule has 0 aliphatic rings. The SMILES string of the molecule is CCOC(=O)c1ccc(NC(=O)c2cccc(OCCc3ccccc3)c2)cc1. The lowest BCUT2D eigenvalue weighted by atomic mass is 10.1. The first-order valence-electron chi connectivity index (χ1n) is 9.51. The fourth-order valence-electron chi connectivity index (χ4n) is 2.77. The molecule has 148 valence electrons. The van der Waals surface area contributed by atoms with Gasteiger partial charge in [-0.15, -0.1) is 0 Å². The second kappa shape index (κ2) is 10.1. The largest absolute Gasteiger partial charge is 0.493 e. The van der Waals surface area contributed by atoms with Crippen LogP contribution >= 0.6 is 0 Å². The Morgan fingerprint density at radius 3 is 2.34 bits per heavy atom. The quantitative estimate of drug-likeness (QED) is 0.565. The van der Waals surface area contributed by atoms with Crippen molar-refractivity contribution < 1.29 is 19.1 Å². The van der Waals surface area contributed by atoms with E-state index in [0.29, 0.717) is 35.8 Å². The lowest BCUT2D eigenvalue weighted by Gasteiger charge is -2.09. The molecule has 1 N–H and O–H groups in total. The average Bonchev–Trinajstić information content (AvgIpc) is 2.75. The second-order valence-electron chi connectivity index (χ2n) is 6.36. The highest BCUT2D eigenvalue weighted by Gasteiger charge is 2.09. The molecule has 0 radical (unpaired) electrons. The molecule has 0 bridgehead atoms. The molecule has 3 aromatic rings. The van der Waals surface area contributed by atoms with Gasteiger partial charge in [-0.1, -0.05) is 36.4 Å². The van der Waals surface area contributed by atoms with E-state index in [1.165, 1.54) is 5.56 Å². The Hall–Kier alpha value is -3.60. The van der Waals surface area contributed by atoms with Crippen molar-refractivity contribution in [3.63, 3.8) is 0 Å². The van der Waals surface area contributed by atoms with Crippen molar-refractivity contribution in [3.05, 3.63) is 95.6 Å². The first-order chi connectivity index (χ1) is 14.2. The van der Waals surface area contributed by atoms with Crippen molar-refractivity contribution in [3.8, 4) is 5.75 Å². The highest BCUT2D eigenvalue weighted by atomic mass is 16.5.